The second-order valence-corrected chi connectivity index (χ2v) is 8.91. The smallest absolute Gasteiger partial charge is 0.243 e. The molecule has 1 aromatic heterocycles. The number of rotatable bonds is 7. The number of carbonyl (C=O) groups excluding carboxylic acids is 2. The lowest BCUT2D eigenvalue weighted by atomic mass is 9.95. The van der Waals surface area contributed by atoms with Crippen LogP contribution in [0.15, 0.2) is 73.1 Å². The highest BCUT2D eigenvalue weighted by molar-refractivity contribution is 5.89. The fourth-order valence-corrected chi connectivity index (χ4v) is 4.28. The highest BCUT2D eigenvalue weighted by atomic mass is 19.1. The molecule has 1 N–H and O–H groups in total. The summed E-state index contributed by atoms with van der Waals surface area (Å²) < 4.78 is 14.4. The molecular formula is C27H29FN4O2. The minimum absolute atomic E-state index is 0.0268. The summed E-state index contributed by atoms with van der Waals surface area (Å²) in [4.78, 5) is 35.8. The monoisotopic (exact) mass is 460 g/mol. The van der Waals surface area contributed by atoms with E-state index < -0.39 is 18.3 Å². The van der Waals surface area contributed by atoms with Crippen molar-refractivity contribution in [2.45, 2.75) is 50.9 Å². The molecule has 7 heteroatoms. The molecule has 0 radical (unpaired) electrons. The van der Waals surface area contributed by atoms with Gasteiger partial charge in [-0.3, -0.25) is 9.59 Å². The molecule has 2 aromatic carbocycles. The summed E-state index contributed by atoms with van der Waals surface area (Å²) >= 11 is 0. The fraction of sp³-hybridized carbons (Fsp3) is 0.333. The van der Waals surface area contributed by atoms with Crippen molar-refractivity contribution in [2.75, 3.05) is 6.54 Å². The summed E-state index contributed by atoms with van der Waals surface area (Å²) in [5, 5.41) is 3.08. The molecule has 0 aliphatic carbocycles. The number of hydrogen-bond donors (Lipinski definition) is 1. The average Bonchev–Trinajstić information content (AvgIpc) is 3.25. The average molecular weight is 461 g/mol. The number of halogens is 1. The van der Waals surface area contributed by atoms with E-state index in [1.807, 2.05) is 42.5 Å². The minimum atomic E-state index is -1.25. The Morgan fingerprint density at radius 2 is 1.59 bits per heavy atom. The number of hydrogen-bond acceptors (Lipinski definition) is 4. The van der Waals surface area contributed by atoms with Crippen LogP contribution >= 0.6 is 0 Å². The van der Waals surface area contributed by atoms with Crippen molar-refractivity contribution in [3.63, 3.8) is 0 Å². The molecule has 0 spiro atoms. The molecule has 6 nitrogen and oxygen atoms in total. The molecule has 34 heavy (non-hydrogen) atoms. The van der Waals surface area contributed by atoms with Crippen LogP contribution in [0.1, 0.15) is 54.7 Å². The van der Waals surface area contributed by atoms with Gasteiger partial charge in [0.25, 0.3) is 0 Å². The van der Waals surface area contributed by atoms with Crippen LogP contribution in [-0.2, 0) is 16.0 Å². The van der Waals surface area contributed by atoms with Crippen LogP contribution in [0.3, 0.4) is 0 Å². The van der Waals surface area contributed by atoms with Gasteiger partial charge in [-0.2, -0.15) is 0 Å². The largest absolute Gasteiger partial charge is 0.343 e. The quantitative estimate of drug-likeness (QED) is 0.579. The first-order valence-corrected chi connectivity index (χ1v) is 11.6. The molecular weight excluding hydrogens is 431 g/mol. The van der Waals surface area contributed by atoms with Crippen molar-refractivity contribution in [1.82, 2.24) is 20.2 Å². The van der Waals surface area contributed by atoms with Crippen LogP contribution in [0.4, 0.5) is 4.39 Å². The van der Waals surface area contributed by atoms with E-state index in [0.29, 0.717) is 11.7 Å². The zero-order chi connectivity index (χ0) is 24.1. The van der Waals surface area contributed by atoms with E-state index in [9.17, 15) is 14.0 Å². The van der Waals surface area contributed by atoms with E-state index in [4.69, 9.17) is 0 Å². The highest BCUT2D eigenvalue weighted by Gasteiger charge is 2.40. The summed E-state index contributed by atoms with van der Waals surface area (Å²) in [5.74, 6) is 0.0154. The standard InChI is InChI=1S/C27H29FN4O2/c1-18(2)19-9-11-21(12-10-19)26(20-7-4-3-5-8-20)31-27(34)23-15-22(28)17-32(23)25(33)16-24-29-13-6-14-30-24/h3-14,18,22-23,26H,15-17H2,1-2H3,(H,31,34). The first kappa shape index (κ1) is 23.5. The number of aromatic nitrogens is 2. The second kappa shape index (κ2) is 10.5. The lowest BCUT2D eigenvalue weighted by molar-refractivity contribution is -0.138. The molecule has 2 heterocycles. The number of likely N-dealkylation sites (tertiary alicyclic amines) is 1. The van der Waals surface area contributed by atoms with Crippen molar-refractivity contribution in [2.24, 2.45) is 0 Å². The summed E-state index contributed by atoms with van der Waals surface area (Å²) in [7, 11) is 0. The van der Waals surface area contributed by atoms with E-state index >= 15 is 0 Å². The van der Waals surface area contributed by atoms with Crippen LogP contribution in [0, 0.1) is 0 Å². The maximum atomic E-state index is 14.4. The van der Waals surface area contributed by atoms with Crippen molar-refractivity contribution >= 4 is 11.8 Å². The van der Waals surface area contributed by atoms with Gasteiger partial charge in [-0.1, -0.05) is 68.4 Å². The van der Waals surface area contributed by atoms with Gasteiger partial charge < -0.3 is 10.2 Å². The lowest BCUT2D eigenvalue weighted by Gasteiger charge is -2.27. The van der Waals surface area contributed by atoms with Crippen molar-refractivity contribution in [1.29, 1.82) is 0 Å². The zero-order valence-corrected chi connectivity index (χ0v) is 19.4. The maximum absolute atomic E-state index is 14.4. The minimum Gasteiger partial charge on any atom is -0.343 e. The van der Waals surface area contributed by atoms with Crippen LogP contribution in [0.25, 0.3) is 0 Å². The van der Waals surface area contributed by atoms with Gasteiger partial charge in [0.2, 0.25) is 11.8 Å². The molecule has 1 aliphatic rings. The lowest BCUT2D eigenvalue weighted by Crippen LogP contribution is -2.47. The second-order valence-electron chi connectivity index (χ2n) is 8.91. The van der Waals surface area contributed by atoms with Gasteiger partial charge in [0, 0.05) is 18.8 Å². The molecule has 4 rings (SSSR count). The predicted molar refractivity (Wildman–Crippen MR) is 128 cm³/mol. The molecule has 3 aromatic rings. The van der Waals surface area contributed by atoms with Gasteiger partial charge in [-0.25, -0.2) is 14.4 Å². The molecule has 1 aliphatic heterocycles. The fourth-order valence-electron chi connectivity index (χ4n) is 4.28. The molecule has 1 fully saturated rings. The Morgan fingerprint density at radius 3 is 2.24 bits per heavy atom. The predicted octanol–water partition coefficient (Wildman–Crippen LogP) is 3.99. The van der Waals surface area contributed by atoms with Gasteiger partial charge in [-0.15, -0.1) is 0 Å². The number of amides is 2. The van der Waals surface area contributed by atoms with Gasteiger partial charge in [0.05, 0.1) is 19.0 Å². The van der Waals surface area contributed by atoms with Gasteiger partial charge in [0.1, 0.15) is 18.0 Å². The highest BCUT2D eigenvalue weighted by Crippen LogP contribution is 2.27. The van der Waals surface area contributed by atoms with Crippen LogP contribution in [0.2, 0.25) is 0 Å². The Labute approximate surface area is 199 Å². The molecule has 1 saturated heterocycles. The molecule has 2 amide bonds. The SMILES string of the molecule is CC(C)c1ccc(C(NC(=O)C2CC(F)CN2C(=O)Cc2ncccn2)c2ccccc2)cc1. The number of benzene rings is 2. The van der Waals surface area contributed by atoms with Crippen LogP contribution in [0.5, 0.6) is 0 Å². The molecule has 176 valence electrons. The van der Waals surface area contributed by atoms with Crippen molar-refractivity contribution in [3.8, 4) is 0 Å². The summed E-state index contributed by atoms with van der Waals surface area (Å²) in [6.45, 7) is 4.15. The van der Waals surface area contributed by atoms with E-state index in [-0.39, 0.29) is 31.2 Å². The Morgan fingerprint density at radius 1 is 0.971 bits per heavy atom. The third kappa shape index (κ3) is 5.47. The third-order valence-electron chi connectivity index (χ3n) is 6.16. The van der Waals surface area contributed by atoms with E-state index in [1.165, 1.54) is 10.5 Å². The summed E-state index contributed by atoms with van der Waals surface area (Å²) in [5.41, 5.74) is 3.05. The normalized spacial score (nSPS) is 18.6. The van der Waals surface area contributed by atoms with E-state index in [1.54, 1.807) is 18.5 Å². The topological polar surface area (TPSA) is 75.2 Å². The number of alkyl halides is 1. The first-order chi connectivity index (χ1) is 16.4. The van der Waals surface area contributed by atoms with E-state index in [0.717, 1.165) is 11.1 Å². The Hall–Kier alpha value is -3.61. The number of carbonyl (C=O) groups is 2. The molecule has 0 bridgehead atoms. The number of nitrogens with one attached hydrogen (secondary N) is 1. The van der Waals surface area contributed by atoms with Gasteiger partial charge in [-0.05, 0) is 28.7 Å². The van der Waals surface area contributed by atoms with Crippen molar-refractivity contribution in [3.05, 3.63) is 95.6 Å². The van der Waals surface area contributed by atoms with Gasteiger partial charge in [0.15, 0.2) is 0 Å². The Balaban J connectivity index is 1.55. The van der Waals surface area contributed by atoms with Gasteiger partial charge >= 0.3 is 0 Å². The van der Waals surface area contributed by atoms with Crippen LogP contribution < -0.4 is 5.32 Å². The van der Waals surface area contributed by atoms with Crippen LogP contribution in [-0.4, -0.2) is 45.4 Å². The first-order valence-electron chi connectivity index (χ1n) is 11.6. The molecule has 0 saturated carbocycles. The zero-order valence-electron chi connectivity index (χ0n) is 19.4. The Kier molecular flexibility index (Phi) is 7.30. The maximum Gasteiger partial charge on any atom is 0.243 e. The summed E-state index contributed by atoms with van der Waals surface area (Å²) in [6, 6.07) is 18.2. The Bertz CT molecular complexity index is 1110. The third-order valence-corrected chi connectivity index (χ3v) is 6.16. The van der Waals surface area contributed by atoms with Crippen molar-refractivity contribution < 1.29 is 14.0 Å². The summed E-state index contributed by atoms with van der Waals surface area (Å²) in [6.07, 6.45) is 1.75. The number of nitrogens with zero attached hydrogens (tertiary/aromatic N) is 3. The molecule has 3 atom stereocenters. The molecule has 3 unspecified atom stereocenters. The van der Waals surface area contributed by atoms with E-state index in [2.05, 4.69) is 41.3 Å².